The molecule has 7 nitrogen and oxygen atoms in total. The van der Waals surface area contributed by atoms with Crippen LogP contribution in [-0.4, -0.2) is 58.6 Å². The molecule has 0 saturated carbocycles. The van der Waals surface area contributed by atoms with Crippen LogP contribution in [0.5, 0.6) is 5.75 Å². The van der Waals surface area contributed by atoms with Crippen LogP contribution in [0.25, 0.3) is 0 Å². The highest BCUT2D eigenvalue weighted by Gasteiger charge is 2.23. The molecular formula is C21H33N3O4. The molecule has 0 bridgehead atoms. The van der Waals surface area contributed by atoms with Crippen LogP contribution in [0, 0.1) is 0 Å². The number of piperidine rings is 1. The standard InChI is InChI=1S/C21H33N3O4/c1-21(2,3)23-20(27)28-17-10-13-24(14-11-17)12-6-4-5-7-16-8-9-19(26)18(15-25)22-16/h8-9,15,17,26H,4-7,10-14H2,1-3H3,(H,23,27). The summed E-state index contributed by atoms with van der Waals surface area (Å²) in [5.74, 6) is -0.0676. The number of nitrogens with one attached hydrogen (secondary N) is 1. The summed E-state index contributed by atoms with van der Waals surface area (Å²) in [6, 6.07) is 3.29. The van der Waals surface area contributed by atoms with Crippen LogP contribution in [-0.2, 0) is 11.2 Å². The van der Waals surface area contributed by atoms with E-state index in [4.69, 9.17) is 4.74 Å². The molecule has 2 rings (SSSR count). The van der Waals surface area contributed by atoms with Crippen molar-refractivity contribution in [3.63, 3.8) is 0 Å². The summed E-state index contributed by atoms with van der Waals surface area (Å²) in [6.07, 6.45) is 6.02. The first kappa shape index (κ1) is 22.1. The molecule has 0 unspecified atom stereocenters. The molecule has 1 saturated heterocycles. The van der Waals surface area contributed by atoms with Crippen molar-refractivity contribution in [1.82, 2.24) is 15.2 Å². The molecule has 1 aromatic rings. The number of carbonyl (C=O) groups is 2. The number of ether oxygens (including phenoxy) is 1. The second-order valence-electron chi connectivity index (χ2n) is 8.46. The first-order chi connectivity index (χ1) is 13.3. The number of hydrogen-bond donors (Lipinski definition) is 2. The molecular weight excluding hydrogens is 358 g/mol. The minimum atomic E-state index is -0.327. The average molecular weight is 392 g/mol. The Balaban J connectivity index is 1.58. The zero-order valence-electron chi connectivity index (χ0n) is 17.2. The maximum Gasteiger partial charge on any atom is 0.407 e. The van der Waals surface area contributed by atoms with E-state index in [0.717, 1.165) is 63.9 Å². The van der Waals surface area contributed by atoms with Gasteiger partial charge < -0.3 is 20.1 Å². The Morgan fingerprint density at radius 2 is 2.00 bits per heavy atom. The maximum atomic E-state index is 11.8. The number of pyridine rings is 1. The van der Waals surface area contributed by atoms with Crippen molar-refractivity contribution in [3.8, 4) is 5.75 Å². The fourth-order valence-corrected chi connectivity index (χ4v) is 3.29. The molecule has 1 fully saturated rings. The van der Waals surface area contributed by atoms with Gasteiger partial charge in [-0.05, 0) is 71.6 Å². The van der Waals surface area contributed by atoms with Gasteiger partial charge in [0.15, 0.2) is 6.29 Å². The van der Waals surface area contributed by atoms with E-state index in [1.807, 2.05) is 20.8 Å². The van der Waals surface area contributed by atoms with Gasteiger partial charge in [-0.15, -0.1) is 0 Å². The number of unbranched alkanes of at least 4 members (excludes halogenated alkanes) is 2. The zero-order chi connectivity index (χ0) is 20.6. The molecule has 7 heteroatoms. The number of aryl methyl sites for hydroxylation is 1. The quantitative estimate of drug-likeness (QED) is 0.522. The van der Waals surface area contributed by atoms with Gasteiger partial charge in [-0.1, -0.05) is 6.42 Å². The largest absolute Gasteiger partial charge is 0.506 e. The Labute approximate surface area is 167 Å². The summed E-state index contributed by atoms with van der Waals surface area (Å²) in [5.41, 5.74) is 0.674. The summed E-state index contributed by atoms with van der Waals surface area (Å²) >= 11 is 0. The lowest BCUT2D eigenvalue weighted by atomic mass is 10.1. The second kappa shape index (κ2) is 10.4. The van der Waals surface area contributed by atoms with Gasteiger partial charge in [0.2, 0.25) is 0 Å². The topological polar surface area (TPSA) is 91.8 Å². The lowest BCUT2D eigenvalue weighted by Gasteiger charge is -2.32. The summed E-state index contributed by atoms with van der Waals surface area (Å²) in [6.45, 7) is 8.77. The summed E-state index contributed by atoms with van der Waals surface area (Å²) in [5, 5.41) is 12.3. The lowest BCUT2D eigenvalue weighted by Crippen LogP contribution is -2.44. The molecule has 0 aromatic carbocycles. The lowest BCUT2D eigenvalue weighted by molar-refractivity contribution is 0.0468. The van der Waals surface area contributed by atoms with Gasteiger partial charge in [-0.3, -0.25) is 4.79 Å². The molecule has 1 amide bonds. The van der Waals surface area contributed by atoms with Crippen LogP contribution in [0.4, 0.5) is 4.79 Å². The van der Waals surface area contributed by atoms with E-state index in [2.05, 4.69) is 15.2 Å². The van der Waals surface area contributed by atoms with E-state index in [9.17, 15) is 14.7 Å². The monoisotopic (exact) mass is 391 g/mol. The maximum absolute atomic E-state index is 11.8. The summed E-state index contributed by atoms with van der Waals surface area (Å²) < 4.78 is 5.51. The number of likely N-dealkylation sites (tertiary alicyclic amines) is 1. The minimum Gasteiger partial charge on any atom is -0.506 e. The van der Waals surface area contributed by atoms with E-state index in [0.29, 0.717) is 6.29 Å². The highest BCUT2D eigenvalue weighted by molar-refractivity contribution is 5.75. The minimum absolute atomic E-state index is 0.00573. The zero-order valence-corrected chi connectivity index (χ0v) is 17.2. The Morgan fingerprint density at radius 1 is 1.29 bits per heavy atom. The number of hydrogen-bond acceptors (Lipinski definition) is 6. The number of amides is 1. The van der Waals surface area contributed by atoms with Crippen LogP contribution >= 0.6 is 0 Å². The van der Waals surface area contributed by atoms with Crippen LogP contribution in [0.1, 0.15) is 69.1 Å². The number of aromatic hydroxyl groups is 1. The van der Waals surface area contributed by atoms with Crippen molar-refractivity contribution in [1.29, 1.82) is 0 Å². The van der Waals surface area contributed by atoms with Crippen molar-refractivity contribution in [2.24, 2.45) is 0 Å². The van der Waals surface area contributed by atoms with Gasteiger partial charge in [0, 0.05) is 24.3 Å². The molecule has 28 heavy (non-hydrogen) atoms. The van der Waals surface area contributed by atoms with E-state index in [1.54, 1.807) is 6.07 Å². The smallest absolute Gasteiger partial charge is 0.407 e. The van der Waals surface area contributed by atoms with Gasteiger partial charge in [-0.2, -0.15) is 0 Å². The number of aldehydes is 1. The van der Waals surface area contributed by atoms with Crippen LogP contribution in [0.3, 0.4) is 0 Å². The summed E-state index contributed by atoms with van der Waals surface area (Å²) in [7, 11) is 0. The average Bonchev–Trinajstić information content (AvgIpc) is 2.62. The fourth-order valence-electron chi connectivity index (χ4n) is 3.29. The number of aromatic nitrogens is 1. The third-order valence-corrected chi connectivity index (χ3v) is 4.76. The van der Waals surface area contributed by atoms with Crippen molar-refractivity contribution >= 4 is 12.4 Å². The third-order valence-electron chi connectivity index (χ3n) is 4.76. The SMILES string of the molecule is CC(C)(C)NC(=O)OC1CCN(CCCCCc2ccc(O)c(C=O)n2)CC1. The first-order valence-electron chi connectivity index (χ1n) is 10.1. The molecule has 0 spiro atoms. The highest BCUT2D eigenvalue weighted by Crippen LogP contribution is 2.17. The summed E-state index contributed by atoms with van der Waals surface area (Å²) in [4.78, 5) is 29.2. The van der Waals surface area contributed by atoms with Crippen LogP contribution < -0.4 is 5.32 Å². The Hall–Kier alpha value is -2.15. The van der Waals surface area contributed by atoms with Crippen LogP contribution in [0.2, 0.25) is 0 Å². The Kier molecular flexibility index (Phi) is 8.23. The van der Waals surface area contributed by atoms with E-state index < -0.39 is 0 Å². The molecule has 1 aromatic heterocycles. The van der Waals surface area contributed by atoms with Gasteiger partial charge in [0.05, 0.1) is 0 Å². The van der Waals surface area contributed by atoms with Gasteiger partial charge in [-0.25, -0.2) is 9.78 Å². The predicted octanol–water partition coefficient (Wildman–Crippen LogP) is 3.30. The number of nitrogens with zero attached hydrogens (tertiary/aromatic N) is 2. The van der Waals surface area contributed by atoms with E-state index in [-0.39, 0.29) is 29.2 Å². The van der Waals surface area contributed by atoms with Crippen molar-refractivity contribution in [2.75, 3.05) is 19.6 Å². The number of alkyl carbamates (subject to hydrolysis) is 1. The third kappa shape index (κ3) is 7.84. The van der Waals surface area contributed by atoms with Crippen molar-refractivity contribution in [2.45, 2.75) is 70.9 Å². The molecule has 0 atom stereocenters. The van der Waals surface area contributed by atoms with Gasteiger partial charge in [0.1, 0.15) is 17.5 Å². The normalized spacial score (nSPS) is 16.0. The fraction of sp³-hybridized carbons (Fsp3) is 0.667. The van der Waals surface area contributed by atoms with E-state index in [1.165, 1.54) is 6.07 Å². The predicted molar refractivity (Wildman–Crippen MR) is 108 cm³/mol. The molecule has 1 aliphatic heterocycles. The number of rotatable bonds is 8. The molecule has 0 radical (unpaired) electrons. The molecule has 2 heterocycles. The Morgan fingerprint density at radius 3 is 2.64 bits per heavy atom. The van der Waals surface area contributed by atoms with E-state index >= 15 is 0 Å². The molecule has 1 aliphatic rings. The van der Waals surface area contributed by atoms with Gasteiger partial charge in [0.25, 0.3) is 0 Å². The molecule has 156 valence electrons. The van der Waals surface area contributed by atoms with Crippen molar-refractivity contribution in [3.05, 3.63) is 23.5 Å². The highest BCUT2D eigenvalue weighted by atomic mass is 16.6. The van der Waals surface area contributed by atoms with Crippen molar-refractivity contribution < 1.29 is 19.4 Å². The van der Waals surface area contributed by atoms with Gasteiger partial charge >= 0.3 is 6.09 Å². The Bertz CT molecular complexity index is 650. The molecule has 0 aliphatic carbocycles. The van der Waals surface area contributed by atoms with Crippen LogP contribution in [0.15, 0.2) is 12.1 Å². The first-order valence-corrected chi connectivity index (χ1v) is 10.1. The number of carbonyl (C=O) groups excluding carboxylic acids is 2. The second-order valence-corrected chi connectivity index (χ2v) is 8.46. The molecule has 2 N–H and O–H groups in total.